The van der Waals surface area contributed by atoms with Crippen molar-refractivity contribution in [3.8, 4) is 11.5 Å². The van der Waals surface area contributed by atoms with Crippen LogP contribution in [0.5, 0.6) is 0 Å². The Labute approximate surface area is 382 Å². The van der Waals surface area contributed by atoms with E-state index in [4.69, 9.17) is 56.8 Å². The van der Waals surface area contributed by atoms with E-state index < -0.39 is 11.7 Å². The number of alkyl carbamates (subject to hydrolysis) is 1. The van der Waals surface area contributed by atoms with E-state index in [1.165, 1.54) is 6.20 Å². The predicted octanol–water partition coefficient (Wildman–Crippen LogP) is 1.57. The highest BCUT2D eigenvalue weighted by Gasteiger charge is 2.15. The minimum Gasteiger partial charge on any atom is -0.444 e. The van der Waals surface area contributed by atoms with Gasteiger partial charge in [-0.15, -0.1) is 20.4 Å². The van der Waals surface area contributed by atoms with Crippen molar-refractivity contribution in [1.29, 1.82) is 0 Å². The zero-order valence-electron chi connectivity index (χ0n) is 38.7. The number of aromatic nitrogens is 5. The summed E-state index contributed by atoms with van der Waals surface area (Å²) in [5.41, 5.74) is 0.489. The van der Waals surface area contributed by atoms with Crippen LogP contribution < -0.4 is 16.0 Å². The van der Waals surface area contributed by atoms with E-state index in [0.717, 1.165) is 0 Å². The molecule has 0 aliphatic rings. The fourth-order valence-corrected chi connectivity index (χ4v) is 4.81. The van der Waals surface area contributed by atoms with E-state index >= 15 is 0 Å². The molecule has 370 valence electrons. The van der Waals surface area contributed by atoms with Gasteiger partial charge in [-0.3, -0.25) is 14.6 Å². The first kappa shape index (κ1) is 57.0. The summed E-state index contributed by atoms with van der Waals surface area (Å²) in [6, 6.07) is 3.35. The van der Waals surface area contributed by atoms with Crippen molar-refractivity contribution in [3.63, 3.8) is 0 Å². The molecule has 0 aliphatic heterocycles. The molecule has 3 N–H and O–H groups in total. The van der Waals surface area contributed by atoms with Gasteiger partial charge in [0.15, 0.2) is 5.82 Å². The molecule has 3 amide bonds. The van der Waals surface area contributed by atoms with E-state index in [1.807, 2.05) is 20.8 Å². The molecule has 0 unspecified atom stereocenters. The maximum atomic E-state index is 12.2. The molecule has 2 heterocycles. The number of hydrogen-bond donors (Lipinski definition) is 3. The summed E-state index contributed by atoms with van der Waals surface area (Å²) >= 11 is 0. The molecular weight excluding hydrogens is 857 g/mol. The standard InChI is InChI=1S/C42H72N8O15/c1-35-47-49-40(50-48-35)37-9-8-36(34-45-37)46-39(52)7-5-6-38(51)43-10-12-54-14-16-56-18-20-58-22-24-60-26-28-62-30-32-64-33-31-63-29-27-61-25-23-59-21-19-57-17-15-55-13-11-44-41(53)65-42(2,3)4/h8-9,34H,5-7,10-33H2,1-4H3,(H,43,51)(H,44,53)(H,46,52). The number of nitrogens with zero attached hydrogens (tertiary/aromatic N) is 5. The number of hydrogen-bond acceptors (Lipinski definition) is 20. The van der Waals surface area contributed by atoms with Gasteiger partial charge < -0.3 is 72.8 Å². The van der Waals surface area contributed by atoms with Crippen molar-refractivity contribution in [2.75, 3.05) is 164 Å². The topological polar surface area (TPSA) is 263 Å². The average molecular weight is 929 g/mol. The van der Waals surface area contributed by atoms with Gasteiger partial charge in [-0.25, -0.2) is 4.79 Å². The van der Waals surface area contributed by atoms with Gasteiger partial charge in [0, 0.05) is 25.9 Å². The third-order valence-corrected chi connectivity index (χ3v) is 7.87. The van der Waals surface area contributed by atoms with Gasteiger partial charge in [0.25, 0.3) is 0 Å². The van der Waals surface area contributed by atoms with E-state index in [-0.39, 0.29) is 24.7 Å². The smallest absolute Gasteiger partial charge is 0.407 e. The molecule has 0 radical (unpaired) electrons. The molecule has 0 saturated carbocycles. The molecule has 2 aromatic heterocycles. The molecule has 0 saturated heterocycles. The number of nitrogens with one attached hydrogen (secondary N) is 3. The van der Waals surface area contributed by atoms with Gasteiger partial charge in [0.2, 0.25) is 17.6 Å². The van der Waals surface area contributed by atoms with Crippen molar-refractivity contribution >= 4 is 23.6 Å². The molecule has 0 fully saturated rings. The van der Waals surface area contributed by atoms with Crippen molar-refractivity contribution in [1.82, 2.24) is 36.0 Å². The quantitative estimate of drug-likeness (QED) is 0.0798. The lowest BCUT2D eigenvalue weighted by molar-refractivity contribution is -0.121. The lowest BCUT2D eigenvalue weighted by atomic mass is 10.2. The lowest BCUT2D eigenvalue weighted by Gasteiger charge is -2.19. The second-order valence-electron chi connectivity index (χ2n) is 14.6. The summed E-state index contributed by atoms with van der Waals surface area (Å²) in [7, 11) is 0. The van der Waals surface area contributed by atoms with E-state index in [2.05, 4.69) is 41.3 Å². The highest BCUT2D eigenvalue weighted by molar-refractivity contribution is 5.91. The minimum atomic E-state index is -0.522. The Kier molecular flexibility index (Phi) is 34.3. The first-order valence-electron chi connectivity index (χ1n) is 22.0. The molecule has 0 aliphatic carbocycles. The molecular formula is C42H72N8O15. The Bertz CT molecular complexity index is 1480. The average Bonchev–Trinajstić information content (AvgIpc) is 3.27. The Balaban J connectivity index is 1.19. The number of anilines is 1. The highest BCUT2D eigenvalue weighted by atomic mass is 16.6. The maximum absolute atomic E-state index is 12.2. The van der Waals surface area contributed by atoms with E-state index in [0.29, 0.717) is 188 Å². The lowest BCUT2D eigenvalue weighted by Crippen LogP contribution is -2.34. The maximum Gasteiger partial charge on any atom is 0.407 e. The SMILES string of the molecule is Cc1nnc(-c2ccc(NC(=O)CCCC(=O)NCCOCCOCCOCCOCCOCCOCCOCCOCCOCCOCCOCCNC(=O)OC(C)(C)C)cn2)nn1. The molecule has 2 rings (SSSR count). The number of carbonyl (C=O) groups excluding carboxylic acids is 3. The summed E-state index contributed by atoms with van der Waals surface area (Å²) in [6.07, 6.45) is 1.86. The van der Waals surface area contributed by atoms with Crippen molar-refractivity contribution in [2.24, 2.45) is 0 Å². The van der Waals surface area contributed by atoms with Crippen LogP contribution in [-0.4, -0.2) is 207 Å². The van der Waals surface area contributed by atoms with Crippen molar-refractivity contribution in [3.05, 3.63) is 24.2 Å². The Morgan fingerprint density at radius 3 is 1.23 bits per heavy atom. The van der Waals surface area contributed by atoms with Crippen molar-refractivity contribution < 1.29 is 71.2 Å². The number of rotatable bonds is 42. The molecule has 0 bridgehead atoms. The predicted molar refractivity (Wildman–Crippen MR) is 234 cm³/mol. The van der Waals surface area contributed by atoms with Gasteiger partial charge in [-0.2, -0.15) is 0 Å². The van der Waals surface area contributed by atoms with Gasteiger partial charge in [-0.1, -0.05) is 0 Å². The number of amides is 3. The van der Waals surface area contributed by atoms with Crippen LogP contribution in [0.4, 0.5) is 10.5 Å². The summed E-state index contributed by atoms with van der Waals surface area (Å²) < 4.78 is 65.4. The molecule has 0 aromatic carbocycles. The minimum absolute atomic E-state index is 0.149. The van der Waals surface area contributed by atoms with E-state index in [9.17, 15) is 14.4 Å². The normalized spacial score (nSPS) is 11.4. The van der Waals surface area contributed by atoms with Gasteiger partial charge >= 0.3 is 6.09 Å². The summed E-state index contributed by atoms with van der Waals surface area (Å²) in [6.45, 7) is 17.7. The van der Waals surface area contributed by atoms with Gasteiger partial charge in [0.05, 0.1) is 157 Å². The highest BCUT2D eigenvalue weighted by Crippen LogP contribution is 2.14. The third-order valence-electron chi connectivity index (χ3n) is 7.87. The molecule has 0 spiro atoms. The van der Waals surface area contributed by atoms with Crippen molar-refractivity contribution in [2.45, 2.75) is 52.6 Å². The first-order chi connectivity index (χ1) is 31.6. The zero-order valence-corrected chi connectivity index (χ0v) is 38.7. The Hall–Kier alpha value is -4.14. The van der Waals surface area contributed by atoms with Crippen LogP contribution in [0.15, 0.2) is 18.3 Å². The monoisotopic (exact) mass is 929 g/mol. The fraction of sp³-hybridized carbons (Fsp3) is 0.762. The molecule has 65 heavy (non-hydrogen) atoms. The fourth-order valence-electron chi connectivity index (χ4n) is 4.81. The van der Waals surface area contributed by atoms with Gasteiger partial charge in [-0.05, 0) is 46.2 Å². The first-order valence-corrected chi connectivity index (χ1v) is 22.0. The summed E-state index contributed by atoms with van der Waals surface area (Å²) in [4.78, 5) is 40.1. The molecule has 23 nitrogen and oxygen atoms in total. The number of ether oxygens (including phenoxy) is 12. The Morgan fingerprint density at radius 1 is 0.492 bits per heavy atom. The zero-order chi connectivity index (χ0) is 46.9. The molecule has 2 aromatic rings. The van der Waals surface area contributed by atoms with Crippen LogP contribution in [0.25, 0.3) is 11.5 Å². The second-order valence-corrected chi connectivity index (χ2v) is 14.6. The largest absolute Gasteiger partial charge is 0.444 e. The number of carbonyl (C=O) groups is 3. The number of aryl methyl sites for hydroxylation is 1. The van der Waals surface area contributed by atoms with Gasteiger partial charge in [0.1, 0.15) is 11.3 Å². The number of pyridine rings is 1. The second kappa shape index (κ2) is 39.1. The van der Waals surface area contributed by atoms with E-state index in [1.54, 1.807) is 19.1 Å². The summed E-state index contributed by atoms with van der Waals surface area (Å²) in [5, 5.41) is 23.7. The van der Waals surface area contributed by atoms with Crippen LogP contribution in [0.1, 0.15) is 45.9 Å². The molecule has 0 atom stereocenters. The van der Waals surface area contributed by atoms with Crippen LogP contribution in [0, 0.1) is 6.92 Å². The summed E-state index contributed by atoms with van der Waals surface area (Å²) in [5.74, 6) is 0.387. The Morgan fingerprint density at radius 2 is 0.862 bits per heavy atom. The third kappa shape index (κ3) is 35.8. The van der Waals surface area contributed by atoms with Crippen LogP contribution >= 0.6 is 0 Å². The van der Waals surface area contributed by atoms with Crippen LogP contribution in [-0.2, 0) is 66.4 Å². The van der Waals surface area contributed by atoms with Crippen LogP contribution in [0.3, 0.4) is 0 Å². The van der Waals surface area contributed by atoms with Crippen LogP contribution in [0.2, 0.25) is 0 Å². The molecule has 23 heteroatoms.